The lowest BCUT2D eigenvalue weighted by Gasteiger charge is -2.23. The van der Waals surface area contributed by atoms with Crippen molar-refractivity contribution in [1.29, 1.82) is 0 Å². The Labute approximate surface area is 122 Å². The summed E-state index contributed by atoms with van der Waals surface area (Å²) in [4.78, 5) is 14.2. The number of anilines is 1. The fraction of sp³-hybridized carbons (Fsp3) is 0.562. The highest BCUT2D eigenvalue weighted by atomic mass is 16.5. The lowest BCUT2D eigenvalue weighted by molar-refractivity contribution is -0.120. The van der Waals surface area contributed by atoms with Gasteiger partial charge in [-0.1, -0.05) is 6.07 Å². The minimum absolute atomic E-state index is 0.0215. The monoisotopic (exact) mass is 278 g/mol. The van der Waals surface area contributed by atoms with E-state index in [1.807, 2.05) is 44.0 Å². The summed E-state index contributed by atoms with van der Waals surface area (Å²) in [5, 5.41) is 2.97. The number of benzene rings is 1. The number of carbonyl (C=O) groups excluding carboxylic acids is 1. The van der Waals surface area contributed by atoms with E-state index in [-0.39, 0.29) is 11.9 Å². The van der Waals surface area contributed by atoms with Crippen LogP contribution in [0.4, 0.5) is 5.69 Å². The van der Waals surface area contributed by atoms with E-state index >= 15 is 0 Å². The van der Waals surface area contributed by atoms with Gasteiger partial charge in [-0.2, -0.15) is 0 Å². The minimum Gasteiger partial charge on any atom is -0.385 e. The molecule has 0 heterocycles. The van der Waals surface area contributed by atoms with Crippen molar-refractivity contribution in [2.24, 2.45) is 0 Å². The first-order chi connectivity index (χ1) is 9.45. The first-order valence-electron chi connectivity index (χ1n) is 7.03. The van der Waals surface area contributed by atoms with Gasteiger partial charge in [-0.05, 0) is 57.5 Å². The number of hydrogen-bond acceptors (Lipinski definition) is 3. The van der Waals surface area contributed by atoms with E-state index in [9.17, 15) is 4.79 Å². The van der Waals surface area contributed by atoms with Gasteiger partial charge < -0.3 is 10.1 Å². The molecule has 4 nitrogen and oxygen atoms in total. The van der Waals surface area contributed by atoms with E-state index in [2.05, 4.69) is 12.2 Å². The van der Waals surface area contributed by atoms with Gasteiger partial charge in [0.1, 0.15) is 0 Å². The highest BCUT2D eigenvalue weighted by Gasteiger charge is 2.17. The molecule has 4 heteroatoms. The largest absolute Gasteiger partial charge is 0.385 e. The number of aryl methyl sites for hydroxylation is 2. The van der Waals surface area contributed by atoms with Gasteiger partial charge in [0, 0.05) is 25.9 Å². The van der Waals surface area contributed by atoms with Gasteiger partial charge in [0.15, 0.2) is 0 Å². The summed E-state index contributed by atoms with van der Waals surface area (Å²) in [5.41, 5.74) is 3.27. The summed E-state index contributed by atoms with van der Waals surface area (Å²) in [6.45, 7) is 7.59. The van der Waals surface area contributed by atoms with E-state index in [0.717, 1.165) is 25.3 Å². The van der Waals surface area contributed by atoms with E-state index < -0.39 is 0 Å². The van der Waals surface area contributed by atoms with Crippen LogP contribution in [-0.2, 0) is 9.53 Å². The Morgan fingerprint density at radius 3 is 2.65 bits per heavy atom. The first kappa shape index (κ1) is 16.7. The third-order valence-corrected chi connectivity index (χ3v) is 3.67. The number of nitrogens with zero attached hydrogens (tertiary/aromatic N) is 1. The third-order valence-electron chi connectivity index (χ3n) is 3.67. The SMILES string of the molecule is COCCCN(C)C(C)C(=O)Nc1ccc(C)c(C)c1. The van der Waals surface area contributed by atoms with Crippen molar-refractivity contribution < 1.29 is 9.53 Å². The second kappa shape index (κ2) is 8.02. The van der Waals surface area contributed by atoms with Crippen molar-refractivity contribution in [2.75, 3.05) is 32.6 Å². The summed E-state index contributed by atoms with van der Waals surface area (Å²) in [7, 11) is 3.65. The van der Waals surface area contributed by atoms with Gasteiger partial charge in [-0.3, -0.25) is 9.69 Å². The molecular formula is C16H26N2O2. The molecule has 1 atom stereocenters. The fourth-order valence-corrected chi connectivity index (χ4v) is 1.92. The van der Waals surface area contributed by atoms with Crippen LogP contribution in [0.3, 0.4) is 0 Å². The quantitative estimate of drug-likeness (QED) is 0.780. The molecule has 1 N–H and O–H groups in total. The maximum Gasteiger partial charge on any atom is 0.241 e. The average molecular weight is 278 g/mol. The Morgan fingerprint density at radius 1 is 1.35 bits per heavy atom. The summed E-state index contributed by atoms with van der Waals surface area (Å²) >= 11 is 0. The Morgan fingerprint density at radius 2 is 2.05 bits per heavy atom. The van der Waals surface area contributed by atoms with Gasteiger partial charge in [0.2, 0.25) is 5.91 Å². The van der Waals surface area contributed by atoms with Crippen LogP contribution in [0.15, 0.2) is 18.2 Å². The number of carbonyl (C=O) groups is 1. The Bertz CT molecular complexity index is 446. The van der Waals surface area contributed by atoms with E-state index in [1.54, 1.807) is 7.11 Å². The Balaban J connectivity index is 2.54. The zero-order valence-corrected chi connectivity index (χ0v) is 13.2. The average Bonchev–Trinajstić information content (AvgIpc) is 2.42. The number of hydrogen-bond donors (Lipinski definition) is 1. The van der Waals surface area contributed by atoms with Crippen LogP contribution < -0.4 is 5.32 Å². The predicted octanol–water partition coefficient (Wildman–Crippen LogP) is 2.60. The molecule has 0 saturated heterocycles. The summed E-state index contributed by atoms with van der Waals surface area (Å²) in [5.74, 6) is 0.0215. The molecule has 0 spiro atoms. The van der Waals surface area contributed by atoms with Gasteiger partial charge in [0.05, 0.1) is 6.04 Å². The number of methoxy groups -OCH3 is 1. The van der Waals surface area contributed by atoms with Crippen molar-refractivity contribution in [3.63, 3.8) is 0 Å². The molecule has 0 aliphatic carbocycles. The predicted molar refractivity (Wildman–Crippen MR) is 83.1 cm³/mol. The highest BCUT2D eigenvalue weighted by molar-refractivity contribution is 5.94. The maximum absolute atomic E-state index is 12.2. The van der Waals surface area contributed by atoms with Crippen molar-refractivity contribution in [3.05, 3.63) is 29.3 Å². The van der Waals surface area contributed by atoms with Crippen molar-refractivity contribution >= 4 is 11.6 Å². The van der Waals surface area contributed by atoms with Gasteiger partial charge in [-0.25, -0.2) is 0 Å². The second-order valence-electron chi connectivity index (χ2n) is 5.29. The van der Waals surface area contributed by atoms with Crippen molar-refractivity contribution in [3.8, 4) is 0 Å². The summed E-state index contributed by atoms with van der Waals surface area (Å²) < 4.78 is 5.03. The number of nitrogens with one attached hydrogen (secondary N) is 1. The first-order valence-corrected chi connectivity index (χ1v) is 7.03. The van der Waals surface area contributed by atoms with Crippen molar-refractivity contribution in [2.45, 2.75) is 33.2 Å². The van der Waals surface area contributed by atoms with E-state index in [4.69, 9.17) is 4.74 Å². The van der Waals surface area contributed by atoms with Gasteiger partial charge in [-0.15, -0.1) is 0 Å². The smallest absolute Gasteiger partial charge is 0.241 e. The molecule has 1 rings (SSSR count). The number of ether oxygens (including phenoxy) is 1. The zero-order valence-electron chi connectivity index (χ0n) is 13.2. The molecule has 1 aromatic rings. The molecular weight excluding hydrogens is 252 g/mol. The van der Waals surface area contributed by atoms with Crippen LogP contribution >= 0.6 is 0 Å². The lowest BCUT2D eigenvalue weighted by atomic mass is 10.1. The van der Waals surface area contributed by atoms with Crippen LogP contribution in [-0.4, -0.2) is 44.2 Å². The highest BCUT2D eigenvalue weighted by Crippen LogP contribution is 2.14. The zero-order chi connectivity index (χ0) is 15.1. The van der Waals surface area contributed by atoms with E-state index in [0.29, 0.717) is 0 Å². The van der Waals surface area contributed by atoms with Crippen LogP contribution in [0.5, 0.6) is 0 Å². The molecule has 1 amide bonds. The van der Waals surface area contributed by atoms with Crippen LogP contribution in [0.25, 0.3) is 0 Å². The van der Waals surface area contributed by atoms with Crippen LogP contribution in [0.2, 0.25) is 0 Å². The summed E-state index contributed by atoms with van der Waals surface area (Å²) in [6.07, 6.45) is 0.925. The van der Waals surface area contributed by atoms with Crippen molar-refractivity contribution in [1.82, 2.24) is 4.90 Å². The number of amides is 1. The molecule has 112 valence electrons. The molecule has 0 saturated carbocycles. The molecule has 0 aliphatic rings. The number of rotatable bonds is 7. The lowest BCUT2D eigenvalue weighted by Crippen LogP contribution is -2.40. The molecule has 1 unspecified atom stereocenters. The van der Waals surface area contributed by atoms with Crippen LogP contribution in [0, 0.1) is 13.8 Å². The standard InChI is InChI=1S/C16H26N2O2/c1-12-7-8-15(11-13(12)2)17-16(19)14(3)18(4)9-6-10-20-5/h7-8,11,14H,6,9-10H2,1-5H3,(H,17,19). The Kier molecular flexibility index (Phi) is 6.68. The molecule has 0 fully saturated rings. The summed E-state index contributed by atoms with van der Waals surface area (Å²) in [6, 6.07) is 5.81. The second-order valence-corrected chi connectivity index (χ2v) is 5.29. The Hall–Kier alpha value is -1.39. The van der Waals surface area contributed by atoms with Crippen LogP contribution in [0.1, 0.15) is 24.5 Å². The maximum atomic E-state index is 12.2. The third kappa shape index (κ3) is 4.94. The molecule has 0 radical (unpaired) electrons. The molecule has 20 heavy (non-hydrogen) atoms. The molecule has 0 aliphatic heterocycles. The van der Waals surface area contributed by atoms with Gasteiger partial charge >= 0.3 is 0 Å². The fourth-order valence-electron chi connectivity index (χ4n) is 1.92. The number of likely N-dealkylation sites (N-methyl/N-ethyl adjacent to an activating group) is 1. The van der Waals surface area contributed by atoms with Gasteiger partial charge in [0.25, 0.3) is 0 Å². The minimum atomic E-state index is -0.159. The molecule has 0 aromatic heterocycles. The topological polar surface area (TPSA) is 41.6 Å². The van der Waals surface area contributed by atoms with E-state index in [1.165, 1.54) is 11.1 Å². The normalized spacial score (nSPS) is 12.5. The molecule has 0 bridgehead atoms. The molecule has 1 aromatic carbocycles.